The van der Waals surface area contributed by atoms with Crippen molar-refractivity contribution in [3.05, 3.63) is 62.6 Å². The van der Waals surface area contributed by atoms with Crippen molar-refractivity contribution in [2.24, 2.45) is 4.99 Å². The number of rotatable bonds is 1. The maximum atomic E-state index is 5.01. The van der Waals surface area contributed by atoms with Gasteiger partial charge < -0.3 is 5.32 Å². The lowest BCUT2D eigenvalue weighted by molar-refractivity contribution is 0.618. The quantitative estimate of drug-likeness (QED) is 0.502. The molecule has 3 aromatic rings. The van der Waals surface area contributed by atoms with Crippen LogP contribution in [0.3, 0.4) is 0 Å². The third kappa shape index (κ3) is 2.74. The molecule has 0 unspecified atom stereocenters. The number of hydrogen-bond acceptors (Lipinski definition) is 4. The van der Waals surface area contributed by atoms with Gasteiger partial charge in [0.05, 0.1) is 16.1 Å². The Morgan fingerprint density at radius 1 is 0.920 bits per heavy atom. The van der Waals surface area contributed by atoms with E-state index in [2.05, 4.69) is 76.3 Å². The van der Waals surface area contributed by atoms with Gasteiger partial charge in [0.1, 0.15) is 4.67 Å². The Labute approximate surface area is 156 Å². The van der Waals surface area contributed by atoms with Gasteiger partial charge in [-0.2, -0.15) is 0 Å². The molecule has 1 N–H and O–H groups in total. The van der Waals surface area contributed by atoms with Gasteiger partial charge in [-0.25, -0.2) is 4.99 Å². The van der Waals surface area contributed by atoms with Crippen LogP contribution in [0.15, 0.2) is 41.4 Å². The Bertz CT molecular complexity index is 1040. The Balaban J connectivity index is 1.98. The molecular weight excluding hydrogens is 344 g/mol. The molecular formula is C21H22N2S2. The van der Waals surface area contributed by atoms with E-state index in [0.29, 0.717) is 0 Å². The normalized spacial score (nSPS) is 15.5. The highest BCUT2D eigenvalue weighted by atomic mass is 32.9. The Morgan fingerprint density at radius 2 is 1.72 bits per heavy atom. The van der Waals surface area contributed by atoms with Gasteiger partial charge in [0, 0.05) is 16.8 Å². The van der Waals surface area contributed by atoms with Crippen LogP contribution >= 0.6 is 20.7 Å². The number of aryl methyl sites for hydroxylation is 3. The predicted molar refractivity (Wildman–Crippen MR) is 110 cm³/mol. The van der Waals surface area contributed by atoms with Crippen molar-refractivity contribution in [1.82, 2.24) is 0 Å². The van der Waals surface area contributed by atoms with Crippen LogP contribution in [0, 0.1) is 20.8 Å². The van der Waals surface area contributed by atoms with Crippen molar-refractivity contribution in [1.29, 1.82) is 0 Å². The fraction of sp³-hybridized carbons (Fsp3) is 0.286. The third-order valence-electron chi connectivity index (χ3n) is 4.91. The van der Waals surface area contributed by atoms with E-state index >= 15 is 0 Å². The van der Waals surface area contributed by atoms with Crippen LogP contribution in [0.25, 0.3) is 11.1 Å². The molecule has 2 nitrogen and oxygen atoms in total. The van der Waals surface area contributed by atoms with E-state index in [4.69, 9.17) is 4.99 Å². The van der Waals surface area contributed by atoms with Gasteiger partial charge in [0.25, 0.3) is 0 Å². The minimum atomic E-state index is -0.0768. The van der Waals surface area contributed by atoms with Crippen molar-refractivity contribution in [3.8, 4) is 11.1 Å². The van der Waals surface area contributed by atoms with Crippen LogP contribution in [0.2, 0.25) is 0 Å². The number of anilines is 1. The molecule has 0 radical (unpaired) electrons. The van der Waals surface area contributed by atoms with Crippen LogP contribution in [-0.2, 0) is 5.54 Å². The van der Waals surface area contributed by atoms with Gasteiger partial charge in [-0.1, -0.05) is 44.9 Å². The zero-order chi connectivity index (χ0) is 17.8. The summed E-state index contributed by atoms with van der Waals surface area (Å²) in [6, 6.07) is 13.0. The fourth-order valence-corrected chi connectivity index (χ4v) is 6.25. The summed E-state index contributed by atoms with van der Waals surface area (Å²) >= 11 is 0. The molecule has 25 heavy (non-hydrogen) atoms. The lowest BCUT2D eigenvalue weighted by Crippen LogP contribution is -2.32. The zero-order valence-electron chi connectivity index (χ0n) is 15.2. The van der Waals surface area contributed by atoms with Crippen LogP contribution in [0.4, 0.5) is 11.4 Å². The predicted octanol–water partition coefficient (Wildman–Crippen LogP) is 6.29. The average molecular weight is 367 g/mol. The molecule has 0 bridgehead atoms. The first-order valence-electron chi connectivity index (χ1n) is 8.50. The molecule has 128 valence electrons. The molecule has 0 amide bonds. The van der Waals surface area contributed by atoms with Gasteiger partial charge in [0.15, 0.2) is 0 Å². The molecule has 0 spiro atoms. The molecule has 2 aromatic carbocycles. The summed E-state index contributed by atoms with van der Waals surface area (Å²) in [7, 11) is 3.62. The molecule has 2 heterocycles. The van der Waals surface area contributed by atoms with Crippen LogP contribution in [-0.4, -0.2) is 0 Å². The highest BCUT2D eigenvalue weighted by Gasteiger charge is 2.34. The molecule has 0 atom stereocenters. The summed E-state index contributed by atoms with van der Waals surface area (Å²) in [6.07, 6.45) is 0. The highest BCUT2D eigenvalue weighted by molar-refractivity contribution is 7.68. The van der Waals surface area contributed by atoms with Crippen LogP contribution < -0.4 is 9.99 Å². The average Bonchev–Trinajstić information content (AvgIpc) is 2.97. The summed E-state index contributed by atoms with van der Waals surface area (Å²) in [6.45, 7) is 11.0. The first kappa shape index (κ1) is 16.6. The SMILES string of the molecule is Cc1ccc(N=c2ssc3c2-c2cccc(C)c2NC3(C)C)cc1C. The number of benzene rings is 2. The zero-order valence-corrected chi connectivity index (χ0v) is 16.9. The Morgan fingerprint density at radius 3 is 2.48 bits per heavy atom. The second-order valence-electron chi connectivity index (χ2n) is 7.30. The molecule has 0 aliphatic carbocycles. The summed E-state index contributed by atoms with van der Waals surface area (Å²) in [5, 5.41) is 3.73. The lowest BCUT2D eigenvalue weighted by atomic mass is 9.88. The molecule has 0 saturated heterocycles. The van der Waals surface area contributed by atoms with E-state index < -0.39 is 0 Å². The molecule has 4 heteroatoms. The van der Waals surface area contributed by atoms with Crippen molar-refractivity contribution in [3.63, 3.8) is 0 Å². The van der Waals surface area contributed by atoms with Crippen molar-refractivity contribution >= 4 is 32.1 Å². The summed E-state index contributed by atoms with van der Waals surface area (Å²) in [5.41, 5.74) is 8.64. The molecule has 4 rings (SSSR count). The number of hydrogen-bond donors (Lipinski definition) is 1. The Hall–Kier alpha value is -1.91. The number of nitrogens with one attached hydrogen (secondary N) is 1. The van der Waals surface area contributed by atoms with E-state index in [0.717, 1.165) is 10.4 Å². The summed E-state index contributed by atoms with van der Waals surface area (Å²) in [5.74, 6) is 0. The van der Waals surface area contributed by atoms with E-state index in [9.17, 15) is 0 Å². The van der Waals surface area contributed by atoms with E-state index in [1.54, 1.807) is 10.3 Å². The minimum absolute atomic E-state index is 0.0768. The maximum absolute atomic E-state index is 5.01. The van der Waals surface area contributed by atoms with Crippen molar-refractivity contribution < 1.29 is 0 Å². The van der Waals surface area contributed by atoms with Gasteiger partial charge in [-0.15, -0.1) is 0 Å². The van der Waals surface area contributed by atoms with Gasteiger partial charge in [0.2, 0.25) is 0 Å². The van der Waals surface area contributed by atoms with Crippen molar-refractivity contribution in [2.45, 2.75) is 40.2 Å². The van der Waals surface area contributed by atoms with E-state index in [1.165, 1.54) is 38.4 Å². The topological polar surface area (TPSA) is 24.4 Å². The Kier molecular flexibility index (Phi) is 3.85. The minimum Gasteiger partial charge on any atom is -0.374 e. The first-order valence-corrected chi connectivity index (χ1v) is 10.7. The lowest BCUT2D eigenvalue weighted by Gasteiger charge is -2.34. The maximum Gasteiger partial charge on any atom is 0.135 e. The molecule has 0 saturated carbocycles. The molecule has 0 fully saturated rings. The summed E-state index contributed by atoms with van der Waals surface area (Å²) < 4.78 is 1.12. The van der Waals surface area contributed by atoms with E-state index in [1.807, 2.05) is 10.3 Å². The monoisotopic (exact) mass is 366 g/mol. The van der Waals surface area contributed by atoms with Crippen molar-refractivity contribution in [2.75, 3.05) is 5.32 Å². The highest BCUT2D eigenvalue weighted by Crippen LogP contribution is 2.46. The summed E-state index contributed by atoms with van der Waals surface area (Å²) in [4.78, 5) is 6.38. The molecule has 1 aliphatic heterocycles. The smallest absolute Gasteiger partial charge is 0.135 e. The number of fused-ring (bicyclic) bond motifs is 3. The van der Waals surface area contributed by atoms with Gasteiger partial charge in [-0.05, 0) is 63.4 Å². The molecule has 1 aliphatic rings. The number of para-hydroxylation sites is 1. The molecule has 1 aromatic heterocycles. The first-order chi connectivity index (χ1) is 11.9. The van der Waals surface area contributed by atoms with Gasteiger partial charge >= 0.3 is 0 Å². The van der Waals surface area contributed by atoms with E-state index in [-0.39, 0.29) is 5.54 Å². The van der Waals surface area contributed by atoms with Crippen LogP contribution in [0.1, 0.15) is 35.4 Å². The van der Waals surface area contributed by atoms with Crippen LogP contribution in [0.5, 0.6) is 0 Å². The second-order valence-corrected chi connectivity index (χ2v) is 9.43. The second kappa shape index (κ2) is 5.82. The van der Waals surface area contributed by atoms with Gasteiger partial charge in [-0.3, -0.25) is 0 Å². The standard InChI is InChI=1S/C21H22N2S2/c1-12-9-10-15(11-14(12)3)22-20-17-16-8-6-7-13(2)18(16)23-21(4,5)19(17)24-25-20/h6-11,23H,1-5H3. The fourth-order valence-electron chi connectivity index (χ4n) is 3.31. The largest absolute Gasteiger partial charge is 0.374 e. The number of nitrogens with zero attached hydrogens (tertiary/aromatic N) is 1. The third-order valence-corrected chi connectivity index (χ3v) is 7.55.